The zero-order valence-corrected chi connectivity index (χ0v) is 12.6. The SMILES string of the molecule is Cl.N[C@@H](CS)CCCCOc1cccc(C(F)(F)F)c1. The highest BCUT2D eigenvalue weighted by Gasteiger charge is 2.30. The van der Waals surface area contributed by atoms with Gasteiger partial charge in [0.2, 0.25) is 0 Å². The number of unbranched alkanes of at least 4 members (excludes halogenated alkanes) is 1. The van der Waals surface area contributed by atoms with Crippen molar-refractivity contribution >= 4 is 25.0 Å². The second-order valence-electron chi connectivity index (χ2n) is 4.31. The van der Waals surface area contributed by atoms with Gasteiger partial charge >= 0.3 is 6.18 Å². The van der Waals surface area contributed by atoms with E-state index in [1.807, 2.05) is 0 Å². The van der Waals surface area contributed by atoms with Crippen LogP contribution in [0.1, 0.15) is 24.8 Å². The largest absolute Gasteiger partial charge is 0.494 e. The molecular formula is C13H19ClF3NOS. The first-order valence-corrected chi connectivity index (χ1v) is 6.73. The fraction of sp³-hybridized carbons (Fsp3) is 0.538. The van der Waals surface area contributed by atoms with Crippen LogP contribution in [0.3, 0.4) is 0 Å². The molecule has 0 saturated heterocycles. The van der Waals surface area contributed by atoms with Crippen molar-refractivity contribution < 1.29 is 17.9 Å². The van der Waals surface area contributed by atoms with Gasteiger partial charge in [-0.25, -0.2) is 0 Å². The van der Waals surface area contributed by atoms with Crippen molar-refractivity contribution in [2.75, 3.05) is 12.4 Å². The highest BCUT2D eigenvalue weighted by atomic mass is 35.5. The molecule has 0 fully saturated rings. The number of alkyl halides is 3. The summed E-state index contributed by atoms with van der Waals surface area (Å²) in [6.07, 6.45) is -1.85. The third kappa shape index (κ3) is 7.26. The van der Waals surface area contributed by atoms with Crippen LogP contribution < -0.4 is 10.5 Å². The monoisotopic (exact) mass is 329 g/mol. The van der Waals surface area contributed by atoms with Crippen LogP contribution >= 0.6 is 25.0 Å². The number of ether oxygens (including phenoxy) is 1. The zero-order valence-electron chi connectivity index (χ0n) is 10.9. The minimum Gasteiger partial charge on any atom is -0.494 e. The van der Waals surface area contributed by atoms with Crippen LogP contribution in [0.15, 0.2) is 24.3 Å². The average molecular weight is 330 g/mol. The van der Waals surface area contributed by atoms with Crippen molar-refractivity contribution in [1.82, 2.24) is 0 Å². The van der Waals surface area contributed by atoms with Gasteiger partial charge in [-0.2, -0.15) is 25.8 Å². The predicted octanol–water partition coefficient (Wildman–Crippen LogP) is 3.93. The van der Waals surface area contributed by atoms with Crippen molar-refractivity contribution in [3.05, 3.63) is 29.8 Å². The van der Waals surface area contributed by atoms with Gasteiger partial charge in [0.05, 0.1) is 12.2 Å². The Balaban J connectivity index is 0.00000361. The van der Waals surface area contributed by atoms with Crippen LogP contribution in [0, 0.1) is 0 Å². The van der Waals surface area contributed by atoms with Crippen molar-refractivity contribution in [3.8, 4) is 5.75 Å². The summed E-state index contributed by atoms with van der Waals surface area (Å²) in [6.45, 7) is 0.389. The molecule has 0 aliphatic carbocycles. The van der Waals surface area contributed by atoms with Gasteiger partial charge in [0, 0.05) is 11.8 Å². The molecule has 0 aliphatic heterocycles. The van der Waals surface area contributed by atoms with E-state index in [0.29, 0.717) is 12.4 Å². The maximum absolute atomic E-state index is 12.5. The fourth-order valence-corrected chi connectivity index (χ4v) is 1.73. The maximum atomic E-state index is 12.5. The number of rotatable bonds is 7. The predicted molar refractivity (Wildman–Crippen MR) is 79.9 cm³/mol. The second kappa shape index (κ2) is 9.37. The molecular weight excluding hydrogens is 311 g/mol. The zero-order chi connectivity index (χ0) is 14.3. The Morgan fingerprint density at radius 1 is 1.25 bits per heavy atom. The molecule has 0 aromatic heterocycles. The van der Waals surface area contributed by atoms with E-state index in [2.05, 4.69) is 12.6 Å². The molecule has 0 unspecified atom stereocenters. The molecule has 1 aromatic carbocycles. The van der Waals surface area contributed by atoms with E-state index in [4.69, 9.17) is 10.5 Å². The number of halogens is 4. The summed E-state index contributed by atoms with van der Waals surface area (Å²) in [7, 11) is 0. The molecule has 2 nitrogen and oxygen atoms in total. The third-order valence-corrected chi connectivity index (χ3v) is 3.10. The summed E-state index contributed by atoms with van der Waals surface area (Å²) in [5.74, 6) is 0.877. The Labute approximate surface area is 128 Å². The molecule has 0 radical (unpaired) electrons. The topological polar surface area (TPSA) is 35.2 Å². The molecule has 7 heteroatoms. The van der Waals surface area contributed by atoms with E-state index >= 15 is 0 Å². The van der Waals surface area contributed by atoms with Crippen molar-refractivity contribution in [2.24, 2.45) is 5.73 Å². The van der Waals surface area contributed by atoms with E-state index < -0.39 is 11.7 Å². The van der Waals surface area contributed by atoms with Gasteiger partial charge in [-0.15, -0.1) is 12.4 Å². The Bertz CT molecular complexity index is 390. The normalized spacial score (nSPS) is 12.7. The lowest BCUT2D eigenvalue weighted by atomic mass is 10.1. The van der Waals surface area contributed by atoms with Crippen molar-refractivity contribution in [2.45, 2.75) is 31.5 Å². The minimum atomic E-state index is -4.33. The van der Waals surface area contributed by atoms with Crippen LogP contribution in [0.25, 0.3) is 0 Å². The Kier molecular flexibility index (Phi) is 9.09. The number of hydrogen-bond donors (Lipinski definition) is 2. The van der Waals surface area contributed by atoms with Gasteiger partial charge in [0.1, 0.15) is 5.75 Å². The minimum absolute atomic E-state index is 0. The van der Waals surface area contributed by atoms with Gasteiger partial charge in [-0.05, 0) is 37.5 Å². The number of nitrogens with two attached hydrogens (primary N) is 1. The molecule has 0 heterocycles. The Morgan fingerprint density at radius 3 is 2.55 bits per heavy atom. The quantitative estimate of drug-likeness (QED) is 0.587. The first-order valence-electron chi connectivity index (χ1n) is 6.10. The molecule has 0 aliphatic rings. The second-order valence-corrected chi connectivity index (χ2v) is 4.68. The van der Waals surface area contributed by atoms with Crippen LogP contribution in [-0.2, 0) is 6.18 Å². The van der Waals surface area contributed by atoms with Crippen LogP contribution in [0.5, 0.6) is 5.75 Å². The summed E-state index contributed by atoms with van der Waals surface area (Å²) in [5, 5.41) is 0. The van der Waals surface area contributed by atoms with Crippen LogP contribution in [0.4, 0.5) is 13.2 Å². The third-order valence-electron chi connectivity index (χ3n) is 2.63. The van der Waals surface area contributed by atoms with Crippen LogP contribution in [0.2, 0.25) is 0 Å². The lowest BCUT2D eigenvalue weighted by molar-refractivity contribution is -0.137. The lowest BCUT2D eigenvalue weighted by Crippen LogP contribution is -2.21. The average Bonchev–Trinajstić information content (AvgIpc) is 2.37. The van der Waals surface area contributed by atoms with Gasteiger partial charge in [0.15, 0.2) is 0 Å². The molecule has 1 aromatic rings. The van der Waals surface area contributed by atoms with E-state index in [1.165, 1.54) is 12.1 Å². The Hall–Kier alpha value is -0.590. The van der Waals surface area contributed by atoms with E-state index in [9.17, 15) is 13.2 Å². The molecule has 116 valence electrons. The fourth-order valence-electron chi connectivity index (χ4n) is 1.55. The number of thiol groups is 1. The molecule has 0 saturated carbocycles. The van der Waals surface area contributed by atoms with E-state index in [0.717, 1.165) is 31.4 Å². The lowest BCUT2D eigenvalue weighted by Gasteiger charge is -2.11. The number of benzene rings is 1. The summed E-state index contributed by atoms with van der Waals surface area (Å²) in [4.78, 5) is 0. The molecule has 1 rings (SSSR count). The summed E-state index contributed by atoms with van der Waals surface area (Å²) in [6, 6.07) is 4.97. The van der Waals surface area contributed by atoms with Crippen LogP contribution in [-0.4, -0.2) is 18.4 Å². The highest BCUT2D eigenvalue weighted by molar-refractivity contribution is 7.80. The van der Waals surface area contributed by atoms with E-state index in [1.54, 1.807) is 0 Å². The highest BCUT2D eigenvalue weighted by Crippen LogP contribution is 2.31. The van der Waals surface area contributed by atoms with Gasteiger partial charge in [-0.1, -0.05) is 6.07 Å². The molecule has 1 atom stereocenters. The summed E-state index contributed by atoms with van der Waals surface area (Å²) >= 11 is 4.07. The summed E-state index contributed by atoms with van der Waals surface area (Å²) < 4.78 is 42.7. The molecule has 0 amide bonds. The standard InChI is InChI=1S/C13H18F3NOS.ClH/c14-13(15,16)10-4-3-6-12(8-10)18-7-2-1-5-11(17)9-19;/h3-4,6,8,11,19H,1-2,5,7,9,17H2;1H/t11-;/m1./s1. The van der Waals surface area contributed by atoms with E-state index in [-0.39, 0.29) is 24.2 Å². The first kappa shape index (κ1) is 19.4. The van der Waals surface area contributed by atoms with Gasteiger partial charge < -0.3 is 10.5 Å². The molecule has 0 spiro atoms. The van der Waals surface area contributed by atoms with Gasteiger partial charge in [-0.3, -0.25) is 0 Å². The maximum Gasteiger partial charge on any atom is 0.416 e. The van der Waals surface area contributed by atoms with Gasteiger partial charge in [0.25, 0.3) is 0 Å². The number of hydrogen-bond acceptors (Lipinski definition) is 3. The molecule has 0 bridgehead atoms. The Morgan fingerprint density at radius 2 is 1.95 bits per heavy atom. The smallest absolute Gasteiger partial charge is 0.416 e. The van der Waals surface area contributed by atoms with Crippen molar-refractivity contribution in [3.63, 3.8) is 0 Å². The molecule has 20 heavy (non-hydrogen) atoms. The van der Waals surface area contributed by atoms with Crippen molar-refractivity contribution in [1.29, 1.82) is 0 Å². The first-order chi connectivity index (χ1) is 8.93. The molecule has 2 N–H and O–H groups in total. The summed E-state index contributed by atoms with van der Waals surface area (Å²) in [5.41, 5.74) is 5.00.